The number of rotatable bonds is 7. The van der Waals surface area contributed by atoms with Gasteiger partial charge >= 0.3 is 11.2 Å². The zero-order valence-corrected chi connectivity index (χ0v) is 17.4. The number of thioether (sulfide) groups is 1. The van der Waals surface area contributed by atoms with Gasteiger partial charge in [-0.2, -0.15) is 21.6 Å². The maximum atomic E-state index is 12.7. The number of aromatic hydroxyl groups is 1. The first-order valence-corrected chi connectivity index (χ1v) is 10.8. The topological polar surface area (TPSA) is 118 Å². The quantitative estimate of drug-likeness (QED) is 0.451. The van der Waals surface area contributed by atoms with Gasteiger partial charge in [-0.25, -0.2) is 19.1 Å². The number of hydrogen-bond donors (Lipinski definition) is 3. The lowest BCUT2D eigenvalue weighted by Crippen LogP contribution is -2.27. The number of halogens is 3. The average molecular weight is 475 g/mol. The first kappa shape index (κ1) is 22.7. The van der Waals surface area contributed by atoms with Gasteiger partial charge in [0.2, 0.25) is 5.88 Å². The highest BCUT2D eigenvalue weighted by atomic mass is 32.2. The number of imidazole rings is 1. The van der Waals surface area contributed by atoms with E-state index in [1.54, 1.807) is 6.07 Å². The van der Waals surface area contributed by atoms with E-state index < -0.39 is 27.3 Å². The van der Waals surface area contributed by atoms with Crippen molar-refractivity contribution in [2.75, 3.05) is 11.8 Å². The monoisotopic (exact) mass is 475 g/mol. The van der Waals surface area contributed by atoms with Crippen LogP contribution in [0.2, 0.25) is 0 Å². The van der Waals surface area contributed by atoms with Crippen LogP contribution in [0.1, 0.15) is 5.56 Å². The van der Waals surface area contributed by atoms with Gasteiger partial charge in [0, 0.05) is 18.1 Å². The van der Waals surface area contributed by atoms with Crippen LogP contribution in [0.3, 0.4) is 0 Å². The van der Waals surface area contributed by atoms with Crippen molar-refractivity contribution in [1.82, 2.24) is 18.8 Å². The minimum atomic E-state index is -4.44. The molecular formula is C17H16F3N5O4S2. The van der Waals surface area contributed by atoms with Gasteiger partial charge in [0.1, 0.15) is 5.82 Å². The minimum Gasteiger partial charge on any atom is -0.493 e. The van der Waals surface area contributed by atoms with E-state index in [9.17, 15) is 31.5 Å². The van der Waals surface area contributed by atoms with E-state index in [0.717, 1.165) is 4.57 Å². The zero-order valence-electron chi connectivity index (χ0n) is 15.8. The van der Waals surface area contributed by atoms with Gasteiger partial charge in [-0.1, -0.05) is 0 Å². The molecule has 0 saturated heterocycles. The lowest BCUT2D eigenvalue weighted by atomic mass is 10.2. The van der Waals surface area contributed by atoms with Crippen LogP contribution in [0, 0.1) is 0 Å². The third kappa shape index (κ3) is 5.80. The lowest BCUT2D eigenvalue weighted by molar-refractivity contribution is -0.0328. The van der Waals surface area contributed by atoms with Crippen molar-refractivity contribution in [3.05, 3.63) is 64.8 Å². The number of benzene rings is 1. The molecule has 14 heteroatoms. The predicted molar refractivity (Wildman–Crippen MR) is 109 cm³/mol. The standard InChI is InChI=1S/C17H16F3N5O4S2/c1-21-31(28,29)23-14-8-11(6-7-22-14)9-24-10-15(26)25(16(24)27)12-2-4-13(5-3-12)30-17(18,19)20/h2-8,10,21,26H,9H2,1H3,(H,22,23). The van der Waals surface area contributed by atoms with E-state index in [0.29, 0.717) is 5.56 Å². The van der Waals surface area contributed by atoms with Crippen LogP contribution in [-0.2, 0) is 16.8 Å². The number of pyridine rings is 1. The number of aromatic nitrogens is 3. The minimum absolute atomic E-state index is 0.0157. The molecule has 1 aromatic carbocycles. The van der Waals surface area contributed by atoms with E-state index in [4.69, 9.17) is 0 Å². The zero-order chi connectivity index (χ0) is 22.8. The Bertz CT molecular complexity index is 1240. The second-order valence-corrected chi connectivity index (χ2v) is 8.89. The SMILES string of the molecule is CNS(=O)(=O)Nc1cc(Cn2cc(O)n(-c3ccc(SC(F)(F)F)cc3)c2=O)ccn1. The maximum Gasteiger partial charge on any atom is 0.446 e. The number of anilines is 1. The number of nitrogens with zero attached hydrogens (tertiary/aromatic N) is 3. The largest absolute Gasteiger partial charge is 0.493 e. The molecule has 31 heavy (non-hydrogen) atoms. The molecule has 0 fully saturated rings. The number of hydrogen-bond acceptors (Lipinski definition) is 6. The van der Waals surface area contributed by atoms with E-state index in [1.807, 2.05) is 0 Å². The molecule has 0 spiro atoms. The molecule has 3 N–H and O–H groups in total. The molecule has 0 unspecified atom stereocenters. The Balaban J connectivity index is 1.85. The van der Waals surface area contributed by atoms with Gasteiger partial charge in [-0.15, -0.1) is 0 Å². The molecule has 0 aliphatic rings. The van der Waals surface area contributed by atoms with Crippen molar-refractivity contribution < 1.29 is 26.7 Å². The van der Waals surface area contributed by atoms with Crippen LogP contribution in [0.5, 0.6) is 5.88 Å². The van der Waals surface area contributed by atoms with Crippen LogP contribution in [-0.4, -0.2) is 40.2 Å². The van der Waals surface area contributed by atoms with Crippen molar-refractivity contribution in [2.24, 2.45) is 0 Å². The van der Waals surface area contributed by atoms with E-state index in [2.05, 4.69) is 14.4 Å². The fourth-order valence-electron chi connectivity index (χ4n) is 2.65. The summed E-state index contributed by atoms with van der Waals surface area (Å²) in [5.41, 5.74) is -4.37. The first-order valence-electron chi connectivity index (χ1n) is 8.51. The molecule has 0 radical (unpaired) electrons. The summed E-state index contributed by atoms with van der Waals surface area (Å²) in [7, 11) is -2.54. The Kier molecular flexibility index (Phi) is 6.33. The van der Waals surface area contributed by atoms with Crippen LogP contribution in [0.4, 0.5) is 19.0 Å². The molecule has 166 valence electrons. The van der Waals surface area contributed by atoms with E-state index in [1.165, 1.54) is 54.3 Å². The van der Waals surface area contributed by atoms with Crippen molar-refractivity contribution in [3.8, 4) is 11.6 Å². The molecule has 2 aromatic heterocycles. The van der Waals surface area contributed by atoms with Crippen LogP contribution < -0.4 is 15.1 Å². The van der Waals surface area contributed by atoms with Crippen molar-refractivity contribution in [3.63, 3.8) is 0 Å². The van der Waals surface area contributed by atoms with Gasteiger partial charge in [0.05, 0.1) is 18.4 Å². The van der Waals surface area contributed by atoms with Gasteiger partial charge in [-0.05, 0) is 53.7 Å². The summed E-state index contributed by atoms with van der Waals surface area (Å²) in [6.45, 7) is -0.0157. The summed E-state index contributed by atoms with van der Waals surface area (Å²) in [4.78, 5) is 16.5. The molecule has 3 aromatic rings. The highest BCUT2D eigenvalue weighted by Gasteiger charge is 2.29. The Hall–Kier alpha value is -2.97. The van der Waals surface area contributed by atoms with Gasteiger partial charge < -0.3 is 5.11 Å². The highest BCUT2D eigenvalue weighted by molar-refractivity contribution is 8.00. The second kappa shape index (κ2) is 8.64. The van der Waals surface area contributed by atoms with E-state index in [-0.39, 0.29) is 34.7 Å². The Labute approximate surface area is 178 Å². The normalized spacial score (nSPS) is 12.1. The molecule has 0 amide bonds. The molecule has 9 nitrogen and oxygen atoms in total. The molecule has 0 aliphatic heterocycles. The fraction of sp³-hybridized carbons (Fsp3) is 0.176. The third-order valence-corrected chi connectivity index (χ3v) is 5.71. The van der Waals surface area contributed by atoms with Gasteiger partial charge in [0.25, 0.3) is 10.2 Å². The molecular weight excluding hydrogens is 459 g/mol. The van der Waals surface area contributed by atoms with Gasteiger partial charge in [0.15, 0.2) is 0 Å². The molecule has 3 rings (SSSR count). The molecule has 0 aliphatic carbocycles. The summed E-state index contributed by atoms with van der Waals surface area (Å²) in [5, 5.41) is 10.2. The summed E-state index contributed by atoms with van der Waals surface area (Å²) >= 11 is -0.287. The molecule has 2 heterocycles. The predicted octanol–water partition coefficient (Wildman–Crippen LogP) is 2.28. The van der Waals surface area contributed by atoms with Crippen LogP contribution in [0.25, 0.3) is 5.69 Å². The van der Waals surface area contributed by atoms with Gasteiger partial charge in [-0.3, -0.25) is 9.29 Å². The Morgan fingerprint density at radius 3 is 2.48 bits per heavy atom. The number of alkyl halides is 3. The molecule has 0 saturated carbocycles. The summed E-state index contributed by atoms with van der Waals surface area (Å²) < 4.78 is 66.9. The Morgan fingerprint density at radius 2 is 1.87 bits per heavy atom. The second-order valence-electron chi connectivity index (χ2n) is 6.13. The third-order valence-electron chi connectivity index (χ3n) is 3.95. The first-order chi connectivity index (χ1) is 14.5. The summed E-state index contributed by atoms with van der Waals surface area (Å²) in [6.07, 6.45) is 2.51. The highest BCUT2D eigenvalue weighted by Crippen LogP contribution is 2.37. The van der Waals surface area contributed by atoms with E-state index >= 15 is 0 Å². The lowest BCUT2D eigenvalue weighted by Gasteiger charge is -2.08. The average Bonchev–Trinajstić information content (AvgIpc) is 2.94. The summed E-state index contributed by atoms with van der Waals surface area (Å²) in [5.74, 6) is -0.382. The summed E-state index contributed by atoms with van der Waals surface area (Å²) in [6, 6.07) is 7.94. The van der Waals surface area contributed by atoms with Crippen molar-refractivity contribution in [1.29, 1.82) is 0 Å². The van der Waals surface area contributed by atoms with Crippen molar-refractivity contribution >= 4 is 27.8 Å². The molecule has 0 bridgehead atoms. The maximum absolute atomic E-state index is 12.7. The van der Waals surface area contributed by atoms with Crippen molar-refractivity contribution in [2.45, 2.75) is 16.9 Å². The molecule has 0 atom stereocenters. The van der Waals surface area contributed by atoms with Crippen LogP contribution >= 0.6 is 11.8 Å². The number of nitrogens with one attached hydrogen (secondary N) is 2. The fourth-order valence-corrected chi connectivity index (χ4v) is 3.67. The van der Waals surface area contributed by atoms with Crippen LogP contribution in [0.15, 0.2) is 58.5 Å². The smallest absolute Gasteiger partial charge is 0.446 e. The Morgan fingerprint density at radius 1 is 1.19 bits per heavy atom.